The Morgan fingerprint density at radius 2 is 1.94 bits per heavy atom. The van der Waals surface area contributed by atoms with Crippen LogP contribution in [0.1, 0.15) is 5.69 Å². The molecule has 0 saturated carbocycles. The summed E-state index contributed by atoms with van der Waals surface area (Å²) in [6, 6.07) is 8.26. The van der Waals surface area contributed by atoms with Gasteiger partial charge in [0.1, 0.15) is 11.6 Å². The fourth-order valence-electron chi connectivity index (χ4n) is 1.59. The predicted molar refractivity (Wildman–Crippen MR) is 65.6 cm³/mol. The minimum Gasteiger partial charge on any atom is -0.368 e. The van der Waals surface area contributed by atoms with Gasteiger partial charge in [0.15, 0.2) is 0 Å². The Hall–Kier alpha value is -2.17. The van der Waals surface area contributed by atoms with Crippen molar-refractivity contribution in [2.24, 2.45) is 0 Å². The Balaban J connectivity index is 2.43. The van der Waals surface area contributed by atoms with E-state index in [1.54, 1.807) is 36.2 Å². The van der Waals surface area contributed by atoms with Crippen LogP contribution in [0, 0.1) is 12.7 Å². The van der Waals surface area contributed by atoms with E-state index in [1.165, 1.54) is 6.07 Å². The molecule has 2 N–H and O–H groups in total. The van der Waals surface area contributed by atoms with E-state index in [0.717, 1.165) is 5.69 Å². The summed E-state index contributed by atoms with van der Waals surface area (Å²) < 4.78 is 13.6. The normalized spacial score (nSPS) is 10.3. The molecule has 5 heteroatoms. The SMILES string of the molecule is Cc1cc(N(C)c2ccccc2F)nc(N)n1. The number of nitrogen functional groups attached to an aromatic ring is 1. The molecule has 0 amide bonds. The van der Waals surface area contributed by atoms with Gasteiger partial charge in [0.2, 0.25) is 5.95 Å². The van der Waals surface area contributed by atoms with Gasteiger partial charge in [0, 0.05) is 18.8 Å². The van der Waals surface area contributed by atoms with Gasteiger partial charge >= 0.3 is 0 Å². The van der Waals surface area contributed by atoms with Crippen molar-refractivity contribution in [2.45, 2.75) is 6.92 Å². The molecule has 0 fully saturated rings. The number of rotatable bonds is 2. The molecule has 2 rings (SSSR count). The summed E-state index contributed by atoms with van der Waals surface area (Å²) >= 11 is 0. The zero-order chi connectivity index (χ0) is 12.4. The summed E-state index contributed by atoms with van der Waals surface area (Å²) in [5.41, 5.74) is 6.77. The predicted octanol–water partition coefficient (Wildman–Crippen LogP) is 2.27. The smallest absolute Gasteiger partial charge is 0.222 e. The Labute approximate surface area is 98.9 Å². The molecule has 0 bridgehead atoms. The summed E-state index contributed by atoms with van der Waals surface area (Å²) in [5, 5.41) is 0. The standard InChI is InChI=1S/C12H13FN4/c1-8-7-11(16-12(14)15-8)17(2)10-6-4-3-5-9(10)13/h3-7H,1-2H3,(H2,14,15,16). The van der Waals surface area contributed by atoms with E-state index in [2.05, 4.69) is 9.97 Å². The van der Waals surface area contributed by atoms with E-state index in [9.17, 15) is 4.39 Å². The van der Waals surface area contributed by atoms with Gasteiger partial charge < -0.3 is 10.6 Å². The molecule has 0 radical (unpaired) electrons. The highest BCUT2D eigenvalue weighted by Gasteiger charge is 2.10. The zero-order valence-electron chi connectivity index (χ0n) is 9.68. The minimum atomic E-state index is -0.301. The Morgan fingerprint density at radius 3 is 2.59 bits per heavy atom. The molecule has 0 aliphatic rings. The van der Waals surface area contributed by atoms with Crippen molar-refractivity contribution in [1.29, 1.82) is 0 Å². The maximum atomic E-state index is 13.6. The molecule has 0 spiro atoms. The molecule has 0 atom stereocenters. The lowest BCUT2D eigenvalue weighted by Crippen LogP contribution is -2.14. The van der Waals surface area contributed by atoms with Crippen molar-refractivity contribution in [3.8, 4) is 0 Å². The van der Waals surface area contributed by atoms with E-state index < -0.39 is 0 Å². The number of halogens is 1. The van der Waals surface area contributed by atoms with Crippen LogP contribution < -0.4 is 10.6 Å². The van der Waals surface area contributed by atoms with Gasteiger partial charge in [-0.15, -0.1) is 0 Å². The highest BCUT2D eigenvalue weighted by molar-refractivity contribution is 5.60. The van der Waals surface area contributed by atoms with Crippen LogP contribution in [-0.4, -0.2) is 17.0 Å². The van der Waals surface area contributed by atoms with E-state index in [-0.39, 0.29) is 11.8 Å². The van der Waals surface area contributed by atoms with Crippen molar-refractivity contribution in [1.82, 2.24) is 9.97 Å². The Bertz CT molecular complexity index is 522. The largest absolute Gasteiger partial charge is 0.368 e. The summed E-state index contributed by atoms with van der Waals surface area (Å²) in [6.07, 6.45) is 0. The van der Waals surface area contributed by atoms with Crippen molar-refractivity contribution < 1.29 is 4.39 Å². The second-order valence-electron chi connectivity index (χ2n) is 3.74. The monoisotopic (exact) mass is 232 g/mol. The number of para-hydroxylation sites is 1. The van der Waals surface area contributed by atoms with Crippen molar-refractivity contribution in [2.75, 3.05) is 17.7 Å². The van der Waals surface area contributed by atoms with E-state index >= 15 is 0 Å². The Morgan fingerprint density at radius 1 is 1.24 bits per heavy atom. The first kappa shape index (κ1) is 11.3. The van der Waals surface area contributed by atoms with Gasteiger partial charge in [-0.3, -0.25) is 0 Å². The molecular formula is C12H13FN4. The number of hydrogen-bond acceptors (Lipinski definition) is 4. The minimum absolute atomic E-state index is 0.184. The van der Waals surface area contributed by atoms with Gasteiger partial charge in [-0.05, 0) is 19.1 Å². The van der Waals surface area contributed by atoms with E-state index in [4.69, 9.17) is 5.73 Å². The van der Waals surface area contributed by atoms with E-state index in [1.807, 2.05) is 6.92 Å². The second kappa shape index (κ2) is 4.37. The number of nitrogens with two attached hydrogens (primary N) is 1. The van der Waals surface area contributed by atoms with E-state index in [0.29, 0.717) is 11.5 Å². The van der Waals surface area contributed by atoms with Crippen LogP contribution in [0.4, 0.5) is 21.8 Å². The van der Waals surface area contributed by atoms with Gasteiger partial charge in [0.05, 0.1) is 5.69 Å². The quantitative estimate of drug-likeness (QED) is 0.863. The topological polar surface area (TPSA) is 55.0 Å². The summed E-state index contributed by atoms with van der Waals surface area (Å²) in [4.78, 5) is 9.70. The highest BCUT2D eigenvalue weighted by atomic mass is 19.1. The third-order valence-corrected chi connectivity index (χ3v) is 2.42. The van der Waals surface area contributed by atoms with Gasteiger partial charge in [0.25, 0.3) is 0 Å². The Kier molecular flexibility index (Phi) is 2.91. The molecule has 1 aromatic heterocycles. The lowest BCUT2D eigenvalue weighted by Gasteiger charge is -2.19. The molecule has 4 nitrogen and oxygen atoms in total. The fourth-order valence-corrected chi connectivity index (χ4v) is 1.59. The van der Waals surface area contributed by atoms with Crippen molar-refractivity contribution in [3.63, 3.8) is 0 Å². The average molecular weight is 232 g/mol. The maximum Gasteiger partial charge on any atom is 0.222 e. The van der Waals surface area contributed by atoms with Crippen LogP contribution >= 0.6 is 0 Å². The maximum absolute atomic E-state index is 13.6. The first-order chi connectivity index (χ1) is 8.08. The van der Waals surface area contributed by atoms with Crippen molar-refractivity contribution >= 4 is 17.5 Å². The number of aryl methyl sites for hydroxylation is 1. The molecule has 0 aliphatic heterocycles. The van der Waals surface area contributed by atoms with Crippen LogP contribution in [-0.2, 0) is 0 Å². The molecule has 2 aromatic rings. The van der Waals surface area contributed by atoms with Gasteiger partial charge in [-0.25, -0.2) is 9.37 Å². The first-order valence-electron chi connectivity index (χ1n) is 5.17. The summed E-state index contributed by atoms with van der Waals surface area (Å²) in [7, 11) is 1.74. The number of anilines is 3. The lowest BCUT2D eigenvalue weighted by atomic mass is 10.3. The molecule has 0 saturated heterocycles. The third kappa shape index (κ3) is 2.33. The van der Waals surface area contributed by atoms with Crippen LogP contribution in [0.3, 0.4) is 0 Å². The number of aromatic nitrogens is 2. The number of benzene rings is 1. The molecule has 0 unspecified atom stereocenters. The molecular weight excluding hydrogens is 219 g/mol. The highest BCUT2D eigenvalue weighted by Crippen LogP contribution is 2.24. The molecule has 1 aromatic carbocycles. The second-order valence-corrected chi connectivity index (χ2v) is 3.74. The molecule has 17 heavy (non-hydrogen) atoms. The third-order valence-electron chi connectivity index (χ3n) is 2.42. The molecule has 1 heterocycles. The summed E-state index contributed by atoms with van der Waals surface area (Å²) in [5.74, 6) is 0.452. The molecule has 0 aliphatic carbocycles. The van der Waals surface area contributed by atoms with Crippen LogP contribution in [0.2, 0.25) is 0 Å². The van der Waals surface area contributed by atoms with Gasteiger partial charge in [-0.2, -0.15) is 4.98 Å². The lowest BCUT2D eigenvalue weighted by molar-refractivity contribution is 0.627. The van der Waals surface area contributed by atoms with Crippen molar-refractivity contribution in [3.05, 3.63) is 41.8 Å². The summed E-state index contributed by atoms with van der Waals surface area (Å²) in [6.45, 7) is 1.82. The van der Waals surface area contributed by atoms with Crippen LogP contribution in [0.5, 0.6) is 0 Å². The number of nitrogens with zero attached hydrogens (tertiary/aromatic N) is 3. The van der Waals surface area contributed by atoms with Crippen LogP contribution in [0.15, 0.2) is 30.3 Å². The van der Waals surface area contributed by atoms with Crippen LogP contribution in [0.25, 0.3) is 0 Å². The number of hydrogen-bond donors (Lipinski definition) is 1. The first-order valence-corrected chi connectivity index (χ1v) is 5.17. The average Bonchev–Trinajstić information content (AvgIpc) is 2.27. The fraction of sp³-hybridized carbons (Fsp3) is 0.167. The van der Waals surface area contributed by atoms with Gasteiger partial charge in [-0.1, -0.05) is 12.1 Å². The molecule has 88 valence electrons. The zero-order valence-corrected chi connectivity index (χ0v) is 9.68.